The molecule has 1 amide bonds. The van der Waals surface area contributed by atoms with Crippen LogP contribution in [0.1, 0.15) is 29.0 Å². The van der Waals surface area contributed by atoms with Gasteiger partial charge in [0.1, 0.15) is 5.82 Å². The Bertz CT molecular complexity index is 634. The van der Waals surface area contributed by atoms with E-state index in [9.17, 15) is 9.18 Å². The van der Waals surface area contributed by atoms with E-state index in [1.807, 2.05) is 6.92 Å². The Hall–Kier alpha value is -2.01. The predicted octanol–water partition coefficient (Wildman–Crippen LogP) is 4.09. The largest absolute Gasteiger partial charge is 0.302 e. The molecule has 0 fully saturated rings. The van der Waals surface area contributed by atoms with Gasteiger partial charge in [-0.2, -0.15) is 0 Å². The van der Waals surface area contributed by atoms with Gasteiger partial charge in [-0.25, -0.2) is 9.37 Å². The highest BCUT2D eigenvalue weighted by atomic mass is 32.1. The first kappa shape index (κ1) is 15.4. The highest BCUT2D eigenvalue weighted by molar-refractivity contribution is 7.15. The second-order valence-corrected chi connectivity index (χ2v) is 5.79. The number of hydrogen-bond donors (Lipinski definition) is 1. The van der Waals surface area contributed by atoms with E-state index in [0.29, 0.717) is 24.4 Å². The summed E-state index contributed by atoms with van der Waals surface area (Å²) in [7, 11) is 0. The number of carbonyl (C=O) groups is 1. The van der Waals surface area contributed by atoms with Crippen LogP contribution in [0.5, 0.6) is 0 Å². The standard InChI is InChI=1S/C16H17FN2OS/c1-3-4-5-15(20)19-16-18-11(2)14(21-16)10-12-6-8-13(17)9-7-12/h3,6-9H,1,4-5,10H2,2H3,(H,18,19,20). The second-order valence-electron chi connectivity index (χ2n) is 4.71. The van der Waals surface area contributed by atoms with E-state index >= 15 is 0 Å². The summed E-state index contributed by atoms with van der Waals surface area (Å²) in [6, 6.07) is 6.42. The number of thiazole rings is 1. The number of rotatable bonds is 6. The predicted molar refractivity (Wildman–Crippen MR) is 84.1 cm³/mol. The van der Waals surface area contributed by atoms with Crippen LogP contribution in [0, 0.1) is 12.7 Å². The number of nitrogens with zero attached hydrogens (tertiary/aromatic N) is 1. The molecule has 21 heavy (non-hydrogen) atoms. The summed E-state index contributed by atoms with van der Waals surface area (Å²) < 4.78 is 12.9. The molecule has 0 aliphatic heterocycles. The molecular weight excluding hydrogens is 287 g/mol. The molecule has 2 rings (SSSR count). The number of aryl methyl sites for hydroxylation is 1. The fourth-order valence-corrected chi connectivity index (χ4v) is 2.86. The van der Waals surface area contributed by atoms with Crippen LogP contribution in [0.4, 0.5) is 9.52 Å². The molecule has 0 saturated carbocycles. The van der Waals surface area contributed by atoms with Crippen molar-refractivity contribution in [2.75, 3.05) is 5.32 Å². The highest BCUT2D eigenvalue weighted by Gasteiger charge is 2.10. The summed E-state index contributed by atoms with van der Waals surface area (Å²) >= 11 is 1.46. The minimum atomic E-state index is -0.241. The van der Waals surface area contributed by atoms with Gasteiger partial charge in [0.15, 0.2) is 5.13 Å². The van der Waals surface area contributed by atoms with Gasteiger partial charge in [-0.15, -0.1) is 17.9 Å². The molecule has 1 N–H and O–H groups in total. The molecule has 1 aromatic heterocycles. The first-order valence-electron chi connectivity index (χ1n) is 6.70. The third kappa shape index (κ3) is 4.49. The number of carbonyl (C=O) groups excluding carboxylic acids is 1. The van der Waals surface area contributed by atoms with Crippen molar-refractivity contribution >= 4 is 22.4 Å². The quantitative estimate of drug-likeness (QED) is 0.817. The Morgan fingerprint density at radius 1 is 1.43 bits per heavy atom. The van der Waals surface area contributed by atoms with Crippen LogP contribution in [-0.2, 0) is 11.2 Å². The van der Waals surface area contributed by atoms with Crippen molar-refractivity contribution in [3.05, 3.63) is 58.9 Å². The van der Waals surface area contributed by atoms with Crippen LogP contribution in [-0.4, -0.2) is 10.9 Å². The molecule has 0 bridgehead atoms. The third-order valence-electron chi connectivity index (χ3n) is 2.99. The lowest BCUT2D eigenvalue weighted by Gasteiger charge is -1.99. The van der Waals surface area contributed by atoms with Crippen molar-refractivity contribution in [1.82, 2.24) is 4.98 Å². The van der Waals surface area contributed by atoms with Crippen molar-refractivity contribution in [2.45, 2.75) is 26.2 Å². The Balaban J connectivity index is 2.03. The van der Waals surface area contributed by atoms with Gasteiger partial charge in [-0.05, 0) is 31.0 Å². The van der Waals surface area contributed by atoms with Crippen molar-refractivity contribution in [3.63, 3.8) is 0 Å². The summed E-state index contributed by atoms with van der Waals surface area (Å²) in [6.45, 7) is 5.50. The molecule has 3 nitrogen and oxygen atoms in total. The van der Waals surface area contributed by atoms with Crippen molar-refractivity contribution < 1.29 is 9.18 Å². The molecule has 5 heteroatoms. The van der Waals surface area contributed by atoms with Gasteiger partial charge in [0.25, 0.3) is 0 Å². The molecule has 0 unspecified atom stereocenters. The highest BCUT2D eigenvalue weighted by Crippen LogP contribution is 2.25. The number of aromatic nitrogens is 1. The minimum absolute atomic E-state index is 0.0583. The Labute approximate surface area is 127 Å². The number of allylic oxidation sites excluding steroid dienone is 1. The lowest BCUT2D eigenvalue weighted by molar-refractivity contribution is -0.116. The summed E-state index contributed by atoms with van der Waals surface area (Å²) in [5.41, 5.74) is 1.91. The maximum absolute atomic E-state index is 12.9. The molecule has 0 atom stereocenters. The van der Waals surface area contributed by atoms with Gasteiger partial charge in [-0.1, -0.05) is 18.2 Å². The Kier molecular flexibility index (Phi) is 5.22. The maximum atomic E-state index is 12.9. The summed E-state index contributed by atoms with van der Waals surface area (Å²) in [5.74, 6) is -0.299. The number of anilines is 1. The zero-order valence-corrected chi connectivity index (χ0v) is 12.7. The molecule has 0 saturated heterocycles. The van der Waals surface area contributed by atoms with E-state index in [4.69, 9.17) is 0 Å². The zero-order chi connectivity index (χ0) is 15.2. The lowest BCUT2D eigenvalue weighted by Crippen LogP contribution is -2.10. The first-order valence-corrected chi connectivity index (χ1v) is 7.51. The van der Waals surface area contributed by atoms with E-state index in [1.165, 1.54) is 23.5 Å². The smallest absolute Gasteiger partial charge is 0.226 e. The molecule has 0 aliphatic carbocycles. The summed E-state index contributed by atoms with van der Waals surface area (Å²) in [6.07, 6.45) is 3.47. The molecule has 0 radical (unpaired) electrons. The summed E-state index contributed by atoms with van der Waals surface area (Å²) in [4.78, 5) is 17.1. The van der Waals surface area contributed by atoms with E-state index in [2.05, 4.69) is 16.9 Å². The SMILES string of the molecule is C=CCCC(=O)Nc1nc(C)c(Cc2ccc(F)cc2)s1. The Morgan fingerprint density at radius 3 is 2.81 bits per heavy atom. The molecule has 2 aromatic rings. The molecular formula is C16H17FN2OS. The third-order valence-corrected chi connectivity index (χ3v) is 4.07. The minimum Gasteiger partial charge on any atom is -0.302 e. The number of hydrogen-bond acceptors (Lipinski definition) is 3. The van der Waals surface area contributed by atoms with E-state index < -0.39 is 0 Å². The molecule has 1 aromatic carbocycles. The average Bonchev–Trinajstić information content (AvgIpc) is 2.79. The molecule has 110 valence electrons. The van der Waals surface area contributed by atoms with Gasteiger partial charge >= 0.3 is 0 Å². The normalized spacial score (nSPS) is 10.4. The fraction of sp³-hybridized carbons (Fsp3) is 0.250. The van der Waals surface area contributed by atoms with Crippen molar-refractivity contribution in [3.8, 4) is 0 Å². The Morgan fingerprint density at radius 2 is 2.14 bits per heavy atom. The van der Waals surface area contributed by atoms with Gasteiger partial charge in [-0.3, -0.25) is 4.79 Å². The average molecular weight is 304 g/mol. The van der Waals surface area contributed by atoms with Crippen LogP contribution in [0.2, 0.25) is 0 Å². The van der Waals surface area contributed by atoms with Crippen LogP contribution >= 0.6 is 11.3 Å². The van der Waals surface area contributed by atoms with Crippen LogP contribution in [0.25, 0.3) is 0 Å². The topological polar surface area (TPSA) is 42.0 Å². The first-order chi connectivity index (χ1) is 10.1. The van der Waals surface area contributed by atoms with Crippen LogP contribution in [0.3, 0.4) is 0 Å². The van der Waals surface area contributed by atoms with Crippen LogP contribution in [0.15, 0.2) is 36.9 Å². The fourth-order valence-electron chi connectivity index (χ4n) is 1.85. The number of nitrogens with one attached hydrogen (secondary N) is 1. The van der Waals surface area contributed by atoms with Gasteiger partial charge in [0.05, 0.1) is 5.69 Å². The van der Waals surface area contributed by atoms with E-state index in [1.54, 1.807) is 18.2 Å². The van der Waals surface area contributed by atoms with Crippen LogP contribution < -0.4 is 5.32 Å². The lowest BCUT2D eigenvalue weighted by atomic mass is 10.1. The second kappa shape index (κ2) is 7.13. The monoisotopic (exact) mass is 304 g/mol. The van der Waals surface area contributed by atoms with E-state index in [-0.39, 0.29) is 11.7 Å². The van der Waals surface area contributed by atoms with E-state index in [0.717, 1.165) is 16.1 Å². The molecule has 1 heterocycles. The number of amides is 1. The number of benzene rings is 1. The van der Waals surface area contributed by atoms with Crippen molar-refractivity contribution in [2.24, 2.45) is 0 Å². The van der Waals surface area contributed by atoms with Gasteiger partial charge < -0.3 is 5.32 Å². The molecule has 0 spiro atoms. The number of halogens is 1. The molecule has 0 aliphatic rings. The van der Waals surface area contributed by atoms with Gasteiger partial charge in [0, 0.05) is 17.7 Å². The van der Waals surface area contributed by atoms with Gasteiger partial charge in [0.2, 0.25) is 5.91 Å². The zero-order valence-electron chi connectivity index (χ0n) is 11.9. The maximum Gasteiger partial charge on any atom is 0.226 e. The summed E-state index contributed by atoms with van der Waals surface area (Å²) in [5, 5.41) is 3.40. The van der Waals surface area contributed by atoms with Crippen molar-refractivity contribution in [1.29, 1.82) is 0 Å².